The van der Waals surface area contributed by atoms with Crippen molar-refractivity contribution in [1.29, 1.82) is 0 Å². The van der Waals surface area contributed by atoms with Gasteiger partial charge in [0, 0.05) is 0 Å². The van der Waals surface area contributed by atoms with Crippen LogP contribution in [0.2, 0.25) is 0 Å². The molecule has 2 rings (SSSR count). The van der Waals surface area contributed by atoms with Crippen molar-refractivity contribution >= 4 is 6.08 Å². The van der Waals surface area contributed by atoms with Gasteiger partial charge >= 0.3 is 0 Å². The third-order valence-corrected chi connectivity index (χ3v) is 2.10. The van der Waals surface area contributed by atoms with E-state index < -0.39 is 0 Å². The number of hydrogen-bond donors (Lipinski definition) is 1. The van der Waals surface area contributed by atoms with Crippen molar-refractivity contribution in [2.75, 3.05) is 0 Å². The molecular weight excluding hydrogens is 200 g/mol. The first-order valence-corrected chi connectivity index (χ1v) is 5.02. The molecule has 2 aromatic rings. The Kier molecular flexibility index (Phi) is 3.24. The van der Waals surface area contributed by atoms with E-state index in [1.54, 1.807) is 18.4 Å². The number of ether oxygens (including phenoxy) is 1. The lowest BCUT2D eigenvalue weighted by Gasteiger charge is -1.98. The van der Waals surface area contributed by atoms with Gasteiger partial charge in [-0.2, -0.15) is 0 Å². The highest BCUT2D eigenvalue weighted by Gasteiger charge is 1.89. The Morgan fingerprint density at radius 1 is 0.875 bits per heavy atom. The maximum atomic E-state index is 9.10. The quantitative estimate of drug-likeness (QED) is 0.790. The molecule has 0 atom stereocenters. The zero-order chi connectivity index (χ0) is 11.2. The zero-order valence-electron chi connectivity index (χ0n) is 8.71. The summed E-state index contributed by atoms with van der Waals surface area (Å²) in [6.07, 6.45) is 3.47. The van der Waals surface area contributed by atoms with E-state index in [2.05, 4.69) is 0 Å². The minimum absolute atomic E-state index is 0.265. The van der Waals surface area contributed by atoms with Crippen LogP contribution in [0.4, 0.5) is 0 Å². The minimum Gasteiger partial charge on any atom is -0.508 e. The second-order valence-corrected chi connectivity index (χ2v) is 3.33. The first-order chi connectivity index (χ1) is 7.84. The molecule has 0 radical (unpaired) electrons. The number of benzene rings is 2. The molecule has 0 saturated heterocycles. The molecular formula is C14H12O2. The number of hydrogen-bond acceptors (Lipinski definition) is 2. The molecule has 0 saturated carbocycles. The Morgan fingerprint density at radius 3 is 2.25 bits per heavy atom. The predicted octanol–water partition coefficient (Wildman–Crippen LogP) is 3.44. The predicted molar refractivity (Wildman–Crippen MR) is 64.2 cm³/mol. The van der Waals surface area contributed by atoms with Gasteiger partial charge in [-0.15, -0.1) is 0 Å². The molecule has 2 heteroatoms. The number of aromatic hydroxyl groups is 1. The summed E-state index contributed by atoms with van der Waals surface area (Å²) in [6, 6.07) is 16.5. The summed E-state index contributed by atoms with van der Waals surface area (Å²) in [5.41, 5.74) is 0.980. The van der Waals surface area contributed by atoms with Gasteiger partial charge in [-0.1, -0.05) is 30.3 Å². The molecule has 0 aliphatic heterocycles. The SMILES string of the molecule is Oc1ccc(/C=C/Oc2ccccc2)cc1. The van der Waals surface area contributed by atoms with Crippen molar-refractivity contribution in [1.82, 2.24) is 0 Å². The number of para-hydroxylation sites is 1. The zero-order valence-corrected chi connectivity index (χ0v) is 8.71. The van der Waals surface area contributed by atoms with Crippen LogP contribution in [-0.2, 0) is 0 Å². The summed E-state index contributed by atoms with van der Waals surface area (Å²) in [6.45, 7) is 0. The fourth-order valence-corrected chi connectivity index (χ4v) is 1.28. The van der Waals surface area contributed by atoms with E-state index in [-0.39, 0.29) is 5.75 Å². The normalized spacial score (nSPS) is 10.5. The van der Waals surface area contributed by atoms with Gasteiger partial charge in [0.25, 0.3) is 0 Å². The monoisotopic (exact) mass is 212 g/mol. The highest BCUT2D eigenvalue weighted by molar-refractivity contribution is 5.49. The molecule has 0 spiro atoms. The molecule has 0 bridgehead atoms. The van der Waals surface area contributed by atoms with Gasteiger partial charge in [0.1, 0.15) is 11.5 Å². The van der Waals surface area contributed by atoms with Gasteiger partial charge in [-0.05, 0) is 35.9 Å². The molecule has 1 N–H and O–H groups in total. The highest BCUT2D eigenvalue weighted by Crippen LogP contribution is 2.12. The van der Waals surface area contributed by atoms with Crippen LogP contribution in [0.25, 0.3) is 6.08 Å². The maximum absolute atomic E-state index is 9.10. The van der Waals surface area contributed by atoms with Crippen LogP contribution in [-0.4, -0.2) is 5.11 Å². The fraction of sp³-hybridized carbons (Fsp3) is 0. The van der Waals surface area contributed by atoms with E-state index in [1.807, 2.05) is 48.5 Å². The highest BCUT2D eigenvalue weighted by atomic mass is 16.5. The Labute approximate surface area is 94.4 Å². The van der Waals surface area contributed by atoms with Crippen LogP contribution < -0.4 is 4.74 Å². The lowest BCUT2D eigenvalue weighted by atomic mass is 10.2. The molecule has 2 nitrogen and oxygen atoms in total. The van der Waals surface area contributed by atoms with E-state index in [0.29, 0.717) is 0 Å². The fourth-order valence-electron chi connectivity index (χ4n) is 1.28. The van der Waals surface area contributed by atoms with E-state index in [9.17, 15) is 0 Å². The van der Waals surface area contributed by atoms with E-state index in [4.69, 9.17) is 9.84 Å². The van der Waals surface area contributed by atoms with Gasteiger partial charge in [0.05, 0.1) is 6.26 Å². The van der Waals surface area contributed by atoms with Crippen LogP contribution in [0.15, 0.2) is 60.9 Å². The van der Waals surface area contributed by atoms with Gasteiger partial charge in [0.2, 0.25) is 0 Å². The smallest absolute Gasteiger partial charge is 0.126 e. The van der Waals surface area contributed by atoms with Crippen molar-refractivity contribution in [3.63, 3.8) is 0 Å². The van der Waals surface area contributed by atoms with Crippen LogP contribution in [0, 0.1) is 0 Å². The first-order valence-electron chi connectivity index (χ1n) is 5.02. The molecule has 2 aromatic carbocycles. The molecule has 0 aromatic heterocycles. The summed E-state index contributed by atoms with van der Waals surface area (Å²) in [5.74, 6) is 1.07. The van der Waals surface area contributed by atoms with E-state index in [1.165, 1.54) is 0 Å². The van der Waals surface area contributed by atoms with Gasteiger partial charge < -0.3 is 9.84 Å². The average Bonchev–Trinajstić information content (AvgIpc) is 2.33. The lowest BCUT2D eigenvalue weighted by molar-refractivity contribution is 0.475. The van der Waals surface area contributed by atoms with Gasteiger partial charge in [0.15, 0.2) is 0 Å². The maximum Gasteiger partial charge on any atom is 0.126 e. The standard InChI is InChI=1S/C14H12O2/c15-13-8-6-12(7-9-13)10-11-16-14-4-2-1-3-5-14/h1-11,15H/b11-10+. The van der Waals surface area contributed by atoms with Crippen molar-refractivity contribution in [2.45, 2.75) is 0 Å². The van der Waals surface area contributed by atoms with Crippen LogP contribution in [0.5, 0.6) is 11.5 Å². The van der Waals surface area contributed by atoms with Crippen LogP contribution >= 0.6 is 0 Å². The van der Waals surface area contributed by atoms with E-state index in [0.717, 1.165) is 11.3 Å². The Morgan fingerprint density at radius 2 is 1.56 bits per heavy atom. The third kappa shape index (κ3) is 2.89. The average molecular weight is 212 g/mol. The number of phenols is 1. The van der Waals surface area contributed by atoms with Crippen molar-refractivity contribution in [3.8, 4) is 11.5 Å². The van der Waals surface area contributed by atoms with Gasteiger partial charge in [-0.3, -0.25) is 0 Å². The second kappa shape index (κ2) is 5.03. The summed E-state index contributed by atoms with van der Waals surface area (Å²) in [5, 5.41) is 9.10. The minimum atomic E-state index is 0.265. The summed E-state index contributed by atoms with van der Waals surface area (Å²) < 4.78 is 5.40. The van der Waals surface area contributed by atoms with Crippen LogP contribution in [0.3, 0.4) is 0 Å². The topological polar surface area (TPSA) is 29.5 Å². The van der Waals surface area contributed by atoms with Crippen molar-refractivity contribution < 1.29 is 9.84 Å². The summed E-state index contributed by atoms with van der Waals surface area (Å²) in [4.78, 5) is 0. The Hall–Kier alpha value is -2.22. The van der Waals surface area contributed by atoms with E-state index >= 15 is 0 Å². The molecule has 0 unspecified atom stereocenters. The number of phenolic OH excluding ortho intramolecular Hbond substituents is 1. The molecule has 0 heterocycles. The van der Waals surface area contributed by atoms with Crippen LogP contribution in [0.1, 0.15) is 5.56 Å². The molecule has 0 amide bonds. The van der Waals surface area contributed by atoms with Crippen molar-refractivity contribution in [2.24, 2.45) is 0 Å². The van der Waals surface area contributed by atoms with Gasteiger partial charge in [-0.25, -0.2) is 0 Å². The molecule has 16 heavy (non-hydrogen) atoms. The molecule has 80 valence electrons. The van der Waals surface area contributed by atoms with Crippen molar-refractivity contribution in [3.05, 3.63) is 66.4 Å². The molecule has 0 aliphatic rings. The summed E-state index contributed by atoms with van der Waals surface area (Å²) >= 11 is 0. The third-order valence-electron chi connectivity index (χ3n) is 2.10. The first kappa shape index (κ1) is 10.3. The largest absolute Gasteiger partial charge is 0.508 e. The Balaban J connectivity index is 1.98. The Bertz CT molecular complexity index is 458. The summed E-state index contributed by atoms with van der Waals surface area (Å²) in [7, 11) is 0. The molecule has 0 aliphatic carbocycles. The number of rotatable bonds is 3. The second-order valence-electron chi connectivity index (χ2n) is 3.33. The lowest BCUT2D eigenvalue weighted by Crippen LogP contribution is -1.80. The molecule has 0 fully saturated rings.